The van der Waals surface area contributed by atoms with Gasteiger partial charge in [0.2, 0.25) is 5.91 Å². The topological polar surface area (TPSA) is 95.4 Å². The van der Waals surface area contributed by atoms with Gasteiger partial charge in [-0.05, 0) is 17.7 Å². The van der Waals surface area contributed by atoms with Crippen molar-refractivity contribution < 1.29 is 9.18 Å². The van der Waals surface area contributed by atoms with E-state index in [0.29, 0.717) is 24.3 Å². The molecule has 4 rings (SSSR count). The van der Waals surface area contributed by atoms with Crippen LogP contribution >= 0.6 is 0 Å². The van der Waals surface area contributed by atoms with Crippen LogP contribution in [0.3, 0.4) is 0 Å². The number of nitrogens with zero attached hydrogens (tertiary/aromatic N) is 4. The second-order valence-electron chi connectivity index (χ2n) is 5.83. The van der Waals surface area contributed by atoms with Gasteiger partial charge in [-0.3, -0.25) is 19.6 Å². The fourth-order valence-corrected chi connectivity index (χ4v) is 3.08. The number of H-pyrrole nitrogens is 1. The molecule has 128 valence electrons. The van der Waals surface area contributed by atoms with Crippen LogP contribution in [0.4, 0.5) is 4.39 Å². The summed E-state index contributed by atoms with van der Waals surface area (Å²) in [7, 11) is 0. The molecule has 1 amide bonds. The molecular weight excluding hydrogens is 327 g/mol. The number of aromatic nitrogens is 4. The molecule has 1 saturated heterocycles. The van der Waals surface area contributed by atoms with Crippen LogP contribution in [0.1, 0.15) is 17.3 Å². The predicted molar refractivity (Wildman–Crippen MR) is 86.2 cm³/mol. The SMILES string of the molecule is O=C1NCCN(Cc2cc(=O)n3[nH]cnc3n2)[C@@H]1c1cccc(F)c1. The summed E-state index contributed by atoms with van der Waals surface area (Å²) in [4.78, 5) is 34.6. The predicted octanol–water partition coefficient (Wildman–Crippen LogP) is 0.230. The maximum absolute atomic E-state index is 13.6. The number of piperazine rings is 1. The molecule has 9 heteroatoms. The Morgan fingerprint density at radius 1 is 1.28 bits per heavy atom. The molecule has 0 spiro atoms. The van der Waals surface area contributed by atoms with Crippen LogP contribution in [0.5, 0.6) is 0 Å². The number of halogens is 1. The van der Waals surface area contributed by atoms with Crippen molar-refractivity contribution in [3.8, 4) is 0 Å². The number of hydrogen-bond acceptors (Lipinski definition) is 5. The molecule has 1 aliphatic rings. The molecule has 1 aliphatic heterocycles. The highest BCUT2D eigenvalue weighted by molar-refractivity contribution is 5.83. The highest BCUT2D eigenvalue weighted by Crippen LogP contribution is 2.25. The minimum atomic E-state index is -0.635. The van der Waals surface area contributed by atoms with E-state index in [0.717, 1.165) is 0 Å². The first-order chi connectivity index (χ1) is 12.1. The van der Waals surface area contributed by atoms with Crippen LogP contribution in [-0.2, 0) is 11.3 Å². The van der Waals surface area contributed by atoms with Gasteiger partial charge in [0.1, 0.15) is 18.2 Å². The van der Waals surface area contributed by atoms with E-state index in [4.69, 9.17) is 0 Å². The number of nitrogens with one attached hydrogen (secondary N) is 2. The van der Waals surface area contributed by atoms with Gasteiger partial charge in [-0.15, -0.1) is 0 Å². The Morgan fingerprint density at radius 3 is 3.00 bits per heavy atom. The minimum Gasteiger partial charge on any atom is -0.353 e. The van der Waals surface area contributed by atoms with Gasteiger partial charge in [0, 0.05) is 25.7 Å². The normalized spacial score (nSPS) is 18.4. The first-order valence-corrected chi connectivity index (χ1v) is 7.81. The summed E-state index contributed by atoms with van der Waals surface area (Å²) in [5, 5.41) is 5.47. The summed E-state index contributed by atoms with van der Waals surface area (Å²) in [5.41, 5.74) is 0.796. The summed E-state index contributed by atoms with van der Waals surface area (Å²) in [5.74, 6) is -0.328. The van der Waals surface area contributed by atoms with E-state index < -0.39 is 11.9 Å². The van der Waals surface area contributed by atoms with Crippen molar-refractivity contribution in [2.75, 3.05) is 13.1 Å². The van der Waals surface area contributed by atoms with Crippen molar-refractivity contribution in [3.63, 3.8) is 0 Å². The number of aromatic amines is 1. The fraction of sp³-hybridized carbons (Fsp3) is 0.250. The number of benzene rings is 1. The third-order valence-corrected chi connectivity index (χ3v) is 4.16. The molecule has 3 aromatic rings. The summed E-state index contributed by atoms with van der Waals surface area (Å²) in [6, 6.07) is 6.74. The highest BCUT2D eigenvalue weighted by Gasteiger charge is 2.31. The van der Waals surface area contributed by atoms with Crippen LogP contribution in [0.2, 0.25) is 0 Å². The van der Waals surface area contributed by atoms with E-state index in [1.807, 2.05) is 4.90 Å². The molecule has 2 aromatic heterocycles. The first-order valence-electron chi connectivity index (χ1n) is 7.81. The van der Waals surface area contributed by atoms with Crippen LogP contribution in [-0.4, -0.2) is 43.5 Å². The molecule has 1 aromatic carbocycles. The van der Waals surface area contributed by atoms with E-state index in [1.165, 1.54) is 29.0 Å². The Labute approximate surface area is 141 Å². The third-order valence-electron chi connectivity index (χ3n) is 4.16. The van der Waals surface area contributed by atoms with Gasteiger partial charge in [0.25, 0.3) is 11.3 Å². The van der Waals surface area contributed by atoms with Gasteiger partial charge in [-0.2, -0.15) is 4.52 Å². The lowest BCUT2D eigenvalue weighted by Crippen LogP contribution is -2.49. The summed E-state index contributed by atoms with van der Waals surface area (Å²) in [6.45, 7) is 1.33. The van der Waals surface area contributed by atoms with Crippen LogP contribution < -0.4 is 10.9 Å². The molecular formula is C16H15FN6O2. The zero-order valence-corrected chi connectivity index (χ0v) is 13.1. The summed E-state index contributed by atoms with van der Waals surface area (Å²) in [6.07, 6.45) is 1.39. The van der Waals surface area contributed by atoms with Crippen molar-refractivity contribution >= 4 is 11.7 Å². The first kappa shape index (κ1) is 15.5. The largest absolute Gasteiger partial charge is 0.353 e. The zero-order chi connectivity index (χ0) is 17.4. The maximum Gasteiger partial charge on any atom is 0.274 e. The number of carbonyl (C=O) groups excluding carboxylic acids is 1. The number of hydrogen-bond donors (Lipinski definition) is 2. The maximum atomic E-state index is 13.6. The molecule has 0 aliphatic carbocycles. The Bertz CT molecular complexity index is 997. The number of carbonyl (C=O) groups is 1. The average molecular weight is 342 g/mol. The van der Waals surface area contributed by atoms with Crippen LogP contribution in [0.25, 0.3) is 5.78 Å². The quantitative estimate of drug-likeness (QED) is 0.710. The van der Waals surface area contributed by atoms with Gasteiger partial charge in [-0.1, -0.05) is 12.1 Å². The van der Waals surface area contributed by atoms with Gasteiger partial charge in [0.05, 0.1) is 5.69 Å². The lowest BCUT2D eigenvalue weighted by molar-refractivity contribution is -0.129. The van der Waals surface area contributed by atoms with Gasteiger partial charge < -0.3 is 5.32 Å². The van der Waals surface area contributed by atoms with Gasteiger partial charge in [-0.25, -0.2) is 14.4 Å². The number of rotatable bonds is 3. The number of amides is 1. The van der Waals surface area contributed by atoms with Crippen molar-refractivity contribution in [1.82, 2.24) is 29.8 Å². The molecule has 3 heterocycles. The van der Waals surface area contributed by atoms with Gasteiger partial charge >= 0.3 is 0 Å². The molecule has 8 nitrogen and oxygen atoms in total. The fourth-order valence-electron chi connectivity index (χ4n) is 3.08. The zero-order valence-electron chi connectivity index (χ0n) is 13.1. The lowest BCUT2D eigenvalue weighted by Gasteiger charge is -2.35. The molecule has 1 atom stereocenters. The van der Waals surface area contributed by atoms with E-state index in [9.17, 15) is 14.0 Å². The van der Waals surface area contributed by atoms with Crippen molar-refractivity contribution in [2.24, 2.45) is 0 Å². The summed E-state index contributed by atoms with van der Waals surface area (Å²) < 4.78 is 14.8. The smallest absolute Gasteiger partial charge is 0.274 e. The Hall–Kier alpha value is -3.07. The van der Waals surface area contributed by atoms with E-state index in [1.54, 1.807) is 12.1 Å². The molecule has 0 bridgehead atoms. The average Bonchev–Trinajstić information content (AvgIpc) is 3.04. The molecule has 2 N–H and O–H groups in total. The highest BCUT2D eigenvalue weighted by atomic mass is 19.1. The lowest BCUT2D eigenvalue weighted by atomic mass is 10.0. The molecule has 0 radical (unpaired) electrons. The second kappa shape index (κ2) is 6.10. The van der Waals surface area contributed by atoms with Gasteiger partial charge in [0.15, 0.2) is 0 Å². The number of fused-ring (bicyclic) bond motifs is 1. The van der Waals surface area contributed by atoms with Crippen LogP contribution in [0, 0.1) is 5.82 Å². The summed E-state index contributed by atoms with van der Waals surface area (Å²) >= 11 is 0. The van der Waals surface area contributed by atoms with Crippen molar-refractivity contribution in [1.29, 1.82) is 0 Å². The Balaban J connectivity index is 1.68. The molecule has 1 fully saturated rings. The standard InChI is InChI=1S/C16H15FN6O2/c17-11-3-1-2-10(6-11)14-15(25)18-4-5-22(14)8-12-7-13(24)23-16(21-12)19-9-20-23/h1-3,6-7,9,14H,4-5,8H2,(H,18,25)(H,19,20,21)/t14-/m1/s1. The second-order valence-corrected chi connectivity index (χ2v) is 5.83. The van der Waals surface area contributed by atoms with Crippen molar-refractivity contribution in [2.45, 2.75) is 12.6 Å². The molecule has 25 heavy (non-hydrogen) atoms. The van der Waals surface area contributed by atoms with E-state index in [2.05, 4.69) is 20.4 Å². The molecule has 0 saturated carbocycles. The minimum absolute atomic E-state index is 0.200. The Morgan fingerprint density at radius 2 is 2.16 bits per heavy atom. The van der Waals surface area contributed by atoms with Crippen molar-refractivity contribution in [3.05, 3.63) is 64.1 Å². The van der Waals surface area contributed by atoms with Crippen LogP contribution in [0.15, 0.2) is 41.5 Å². The molecule has 0 unspecified atom stereocenters. The monoisotopic (exact) mass is 342 g/mol. The van der Waals surface area contributed by atoms with E-state index >= 15 is 0 Å². The van der Waals surface area contributed by atoms with E-state index in [-0.39, 0.29) is 23.8 Å². The third kappa shape index (κ3) is 2.89. The Kier molecular flexibility index (Phi) is 3.77.